The van der Waals surface area contributed by atoms with Crippen LogP contribution < -0.4 is 0 Å². The lowest BCUT2D eigenvalue weighted by atomic mass is 10.1. The van der Waals surface area contributed by atoms with Gasteiger partial charge in [0.15, 0.2) is 5.65 Å². The Labute approximate surface area is 155 Å². The first-order chi connectivity index (χ1) is 12.8. The van der Waals surface area contributed by atoms with Gasteiger partial charge in [0.25, 0.3) is 0 Å². The van der Waals surface area contributed by atoms with Gasteiger partial charge in [0.05, 0.1) is 6.20 Å². The summed E-state index contributed by atoms with van der Waals surface area (Å²) in [5, 5.41) is 4.53. The lowest BCUT2D eigenvalue weighted by Gasteiger charge is -2.26. The first kappa shape index (κ1) is 17.2. The Kier molecular flexibility index (Phi) is 5.00. The molecular weight excluding hydrogens is 322 g/mol. The molecule has 0 saturated carbocycles. The predicted molar refractivity (Wildman–Crippen MR) is 105 cm³/mol. The standard InChI is InChI=1S/C21H27N5/c1-3-25(4-2)19-10-11-24(16-19)14-17-12-22-21-20(13-23-26(21)15-17)18-8-6-5-7-9-18/h5-9,12-13,15,19H,3-4,10-11,14,16H2,1-2H3/t19-/m1/s1. The molecule has 5 heteroatoms. The predicted octanol–water partition coefficient (Wildman–Crippen LogP) is 3.31. The van der Waals surface area contributed by atoms with Crippen LogP contribution in [0.2, 0.25) is 0 Å². The number of rotatable bonds is 6. The van der Waals surface area contributed by atoms with E-state index in [2.05, 4.69) is 47.1 Å². The van der Waals surface area contributed by atoms with Crippen molar-refractivity contribution in [3.05, 3.63) is 54.5 Å². The van der Waals surface area contributed by atoms with Crippen molar-refractivity contribution >= 4 is 5.65 Å². The molecule has 2 aromatic heterocycles. The van der Waals surface area contributed by atoms with Gasteiger partial charge < -0.3 is 0 Å². The maximum absolute atomic E-state index is 4.71. The number of hydrogen-bond donors (Lipinski definition) is 0. The Bertz CT molecular complexity index is 853. The van der Waals surface area contributed by atoms with Crippen molar-refractivity contribution in [1.82, 2.24) is 24.4 Å². The Hall–Kier alpha value is -2.24. The molecule has 0 radical (unpaired) electrons. The summed E-state index contributed by atoms with van der Waals surface area (Å²) in [6.45, 7) is 10.0. The van der Waals surface area contributed by atoms with Crippen molar-refractivity contribution in [2.75, 3.05) is 26.2 Å². The van der Waals surface area contributed by atoms with Gasteiger partial charge in [-0.2, -0.15) is 5.10 Å². The monoisotopic (exact) mass is 349 g/mol. The van der Waals surface area contributed by atoms with Gasteiger partial charge in [0, 0.05) is 49.2 Å². The lowest BCUT2D eigenvalue weighted by molar-refractivity contribution is 0.209. The van der Waals surface area contributed by atoms with Crippen molar-refractivity contribution in [2.45, 2.75) is 32.9 Å². The molecule has 0 N–H and O–H groups in total. The van der Waals surface area contributed by atoms with Crippen LogP contribution in [0.25, 0.3) is 16.8 Å². The molecule has 1 aliphatic rings. The van der Waals surface area contributed by atoms with Gasteiger partial charge in [-0.1, -0.05) is 44.2 Å². The van der Waals surface area contributed by atoms with Crippen LogP contribution >= 0.6 is 0 Å². The van der Waals surface area contributed by atoms with Gasteiger partial charge >= 0.3 is 0 Å². The second-order valence-corrected chi connectivity index (χ2v) is 7.05. The molecule has 3 aromatic rings. The molecule has 0 aliphatic carbocycles. The van der Waals surface area contributed by atoms with E-state index in [1.807, 2.05) is 35.1 Å². The van der Waals surface area contributed by atoms with Crippen molar-refractivity contribution in [2.24, 2.45) is 0 Å². The van der Waals surface area contributed by atoms with E-state index in [0.29, 0.717) is 6.04 Å². The third kappa shape index (κ3) is 3.37. The second kappa shape index (κ2) is 7.56. The van der Waals surface area contributed by atoms with Crippen LogP contribution in [0, 0.1) is 0 Å². The quantitative estimate of drug-likeness (QED) is 0.684. The van der Waals surface area contributed by atoms with Gasteiger partial charge in [-0.3, -0.25) is 9.80 Å². The van der Waals surface area contributed by atoms with Gasteiger partial charge in [-0.15, -0.1) is 0 Å². The van der Waals surface area contributed by atoms with Crippen molar-refractivity contribution in [3.8, 4) is 11.1 Å². The summed E-state index contributed by atoms with van der Waals surface area (Å²) in [4.78, 5) is 9.82. The maximum atomic E-state index is 4.71. The smallest absolute Gasteiger partial charge is 0.162 e. The largest absolute Gasteiger partial charge is 0.300 e. The zero-order valence-corrected chi connectivity index (χ0v) is 15.7. The minimum Gasteiger partial charge on any atom is -0.300 e. The number of hydrogen-bond acceptors (Lipinski definition) is 4. The zero-order valence-electron chi connectivity index (χ0n) is 15.7. The molecule has 136 valence electrons. The first-order valence-corrected chi connectivity index (χ1v) is 9.62. The summed E-state index contributed by atoms with van der Waals surface area (Å²) in [5.74, 6) is 0. The molecule has 1 saturated heterocycles. The summed E-state index contributed by atoms with van der Waals surface area (Å²) in [6.07, 6.45) is 7.30. The zero-order chi connectivity index (χ0) is 17.9. The summed E-state index contributed by atoms with van der Waals surface area (Å²) >= 11 is 0. The van der Waals surface area contributed by atoms with E-state index in [0.717, 1.165) is 49.5 Å². The molecule has 4 rings (SSSR count). The molecule has 3 heterocycles. The fourth-order valence-electron chi connectivity index (χ4n) is 4.07. The van der Waals surface area contributed by atoms with Crippen LogP contribution in [0.3, 0.4) is 0 Å². The van der Waals surface area contributed by atoms with Crippen LogP contribution in [-0.4, -0.2) is 56.6 Å². The Morgan fingerprint density at radius 2 is 1.92 bits per heavy atom. The second-order valence-electron chi connectivity index (χ2n) is 7.05. The van der Waals surface area contributed by atoms with Crippen LogP contribution in [0.1, 0.15) is 25.8 Å². The number of likely N-dealkylation sites (tertiary alicyclic amines) is 1. The molecule has 1 atom stereocenters. The van der Waals surface area contributed by atoms with E-state index < -0.39 is 0 Å². The molecular formula is C21H27N5. The Morgan fingerprint density at radius 1 is 1.12 bits per heavy atom. The average molecular weight is 349 g/mol. The molecule has 0 unspecified atom stereocenters. The summed E-state index contributed by atoms with van der Waals surface area (Å²) in [5.41, 5.74) is 4.38. The number of fused-ring (bicyclic) bond motifs is 1. The molecule has 1 aromatic carbocycles. The fourth-order valence-corrected chi connectivity index (χ4v) is 4.07. The molecule has 0 bridgehead atoms. The minimum absolute atomic E-state index is 0.691. The van der Waals surface area contributed by atoms with Crippen LogP contribution in [-0.2, 0) is 6.54 Å². The third-order valence-electron chi connectivity index (χ3n) is 5.48. The average Bonchev–Trinajstić information content (AvgIpc) is 3.30. The van der Waals surface area contributed by atoms with Gasteiger partial charge in [-0.25, -0.2) is 9.50 Å². The molecule has 0 spiro atoms. The normalized spacial score (nSPS) is 18.2. The van der Waals surface area contributed by atoms with E-state index >= 15 is 0 Å². The topological polar surface area (TPSA) is 36.7 Å². The van der Waals surface area contributed by atoms with E-state index in [-0.39, 0.29) is 0 Å². The summed E-state index contributed by atoms with van der Waals surface area (Å²) in [6, 6.07) is 11.0. The van der Waals surface area contributed by atoms with Crippen LogP contribution in [0.15, 0.2) is 48.9 Å². The van der Waals surface area contributed by atoms with Crippen molar-refractivity contribution < 1.29 is 0 Å². The van der Waals surface area contributed by atoms with Crippen LogP contribution in [0.5, 0.6) is 0 Å². The third-order valence-corrected chi connectivity index (χ3v) is 5.48. The highest BCUT2D eigenvalue weighted by atomic mass is 15.3. The number of aromatic nitrogens is 3. The summed E-state index contributed by atoms with van der Waals surface area (Å²) in [7, 11) is 0. The van der Waals surface area contributed by atoms with E-state index in [1.165, 1.54) is 12.0 Å². The number of likely N-dealkylation sites (N-methyl/N-ethyl adjacent to an activating group) is 1. The minimum atomic E-state index is 0.691. The molecule has 5 nitrogen and oxygen atoms in total. The SMILES string of the molecule is CCN(CC)[C@@H]1CCN(Cc2cnc3c(-c4ccccc4)cnn3c2)C1. The van der Waals surface area contributed by atoms with E-state index in [1.54, 1.807) is 0 Å². The molecule has 26 heavy (non-hydrogen) atoms. The van der Waals surface area contributed by atoms with Crippen LogP contribution in [0.4, 0.5) is 0 Å². The number of benzene rings is 1. The van der Waals surface area contributed by atoms with E-state index in [4.69, 9.17) is 4.98 Å². The first-order valence-electron chi connectivity index (χ1n) is 9.62. The highest BCUT2D eigenvalue weighted by molar-refractivity contribution is 5.76. The number of nitrogens with zero attached hydrogens (tertiary/aromatic N) is 5. The highest BCUT2D eigenvalue weighted by Crippen LogP contribution is 2.23. The molecule has 0 amide bonds. The van der Waals surface area contributed by atoms with Crippen molar-refractivity contribution in [3.63, 3.8) is 0 Å². The van der Waals surface area contributed by atoms with Gasteiger partial charge in [0.2, 0.25) is 0 Å². The van der Waals surface area contributed by atoms with Gasteiger partial charge in [-0.05, 0) is 25.1 Å². The fraction of sp³-hybridized carbons (Fsp3) is 0.429. The molecule has 1 fully saturated rings. The summed E-state index contributed by atoms with van der Waals surface area (Å²) < 4.78 is 1.91. The highest BCUT2D eigenvalue weighted by Gasteiger charge is 2.26. The lowest BCUT2D eigenvalue weighted by Crippen LogP contribution is -2.37. The van der Waals surface area contributed by atoms with E-state index in [9.17, 15) is 0 Å². The Morgan fingerprint density at radius 3 is 2.69 bits per heavy atom. The maximum Gasteiger partial charge on any atom is 0.162 e. The van der Waals surface area contributed by atoms with Crippen molar-refractivity contribution in [1.29, 1.82) is 0 Å². The Balaban J connectivity index is 1.49. The van der Waals surface area contributed by atoms with Gasteiger partial charge in [0.1, 0.15) is 0 Å². The molecule has 1 aliphatic heterocycles.